The maximum atomic E-state index is 13.3. The molecule has 0 aliphatic carbocycles. The van der Waals surface area contributed by atoms with E-state index < -0.39 is 0 Å². The monoisotopic (exact) mass is 313 g/mol. The zero-order chi connectivity index (χ0) is 12.3. The Bertz CT molecular complexity index is 510. The van der Waals surface area contributed by atoms with Crippen LogP contribution in [0.1, 0.15) is 12.5 Å². The second kappa shape index (κ2) is 5.76. The van der Waals surface area contributed by atoms with Gasteiger partial charge in [-0.3, -0.25) is 0 Å². The summed E-state index contributed by atoms with van der Waals surface area (Å²) >= 11 is 5.18. The van der Waals surface area contributed by atoms with Gasteiger partial charge in [0.15, 0.2) is 0 Å². The summed E-state index contributed by atoms with van der Waals surface area (Å²) in [5.74, 6) is -0.186. The van der Waals surface area contributed by atoms with Gasteiger partial charge in [0, 0.05) is 15.9 Å². The second-order valence-electron chi connectivity index (χ2n) is 3.68. The Morgan fingerprint density at radius 2 is 2.18 bits per heavy atom. The van der Waals surface area contributed by atoms with Crippen LogP contribution >= 0.6 is 27.3 Å². The van der Waals surface area contributed by atoms with E-state index in [9.17, 15) is 4.39 Å². The first kappa shape index (κ1) is 12.7. The summed E-state index contributed by atoms with van der Waals surface area (Å²) in [7, 11) is 0. The van der Waals surface area contributed by atoms with Gasteiger partial charge in [0.2, 0.25) is 0 Å². The Kier molecular flexibility index (Phi) is 4.31. The molecular formula is C13H13BrFNS. The molecule has 17 heavy (non-hydrogen) atoms. The highest BCUT2D eigenvalue weighted by Gasteiger charge is 2.10. The number of benzene rings is 1. The fourth-order valence-electron chi connectivity index (χ4n) is 1.68. The number of hydrogen-bond donors (Lipinski definition) is 1. The molecule has 4 heteroatoms. The molecule has 2 rings (SSSR count). The molecule has 1 nitrogen and oxygen atoms in total. The van der Waals surface area contributed by atoms with E-state index in [-0.39, 0.29) is 5.82 Å². The SMILES string of the molecule is CCNCc1cc(F)ccc1-c1sccc1Br. The molecule has 0 atom stereocenters. The minimum Gasteiger partial charge on any atom is -0.313 e. The van der Waals surface area contributed by atoms with Gasteiger partial charge < -0.3 is 5.32 Å². The van der Waals surface area contributed by atoms with Crippen LogP contribution in [0, 0.1) is 5.82 Å². The smallest absolute Gasteiger partial charge is 0.123 e. The summed E-state index contributed by atoms with van der Waals surface area (Å²) < 4.78 is 14.3. The van der Waals surface area contributed by atoms with E-state index in [1.807, 2.05) is 24.4 Å². The summed E-state index contributed by atoms with van der Waals surface area (Å²) in [6.07, 6.45) is 0. The molecule has 1 heterocycles. The maximum Gasteiger partial charge on any atom is 0.123 e. The third-order valence-electron chi connectivity index (χ3n) is 2.49. The van der Waals surface area contributed by atoms with Crippen molar-refractivity contribution in [2.45, 2.75) is 13.5 Å². The summed E-state index contributed by atoms with van der Waals surface area (Å²) in [6, 6.07) is 6.97. The molecule has 1 aromatic carbocycles. The highest BCUT2D eigenvalue weighted by molar-refractivity contribution is 9.10. The van der Waals surface area contributed by atoms with Crippen LogP contribution < -0.4 is 5.32 Å². The Morgan fingerprint density at radius 1 is 1.35 bits per heavy atom. The zero-order valence-electron chi connectivity index (χ0n) is 9.47. The minimum atomic E-state index is -0.186. The Morgan fingerprint density at radius 3 is 2.82 bits per heavy atom. The number of nitrogens with one attached hydrogen (secondary N) is 1. The lowest BCUT2D eigenvalue weighted by Crippen LogP contribution is -2.12. The third kappa shape index (κ3) is 2.94. The van der Waals surface area contributed by atoms with Crippen molar-refractivity contribution in [1.29, 1.82) is 0 Å². The lowest BCUT2D eigenvalue weighted by atomic mass is 10.1. The van der Waals surface area contributed by atoms with Crippen molar-refractivity contribution < 1.29 is 4.39 Å². The van der Waals surface area contributed by atoms with E-state index in [0.29, 0.717) is 6.54 Å². The van der Waals surface area contributed by atoms with E-state index in [0.717, 1.165) is 27.0 Å². The van der Waals surface area contributed by atoms with Crippen LogP contribution in [0.5, 0.6) is 0 Å². The summed E-state index contributed by atoms with van der Waals surface area (Å²) in [6.45, 7) is 3.61. The first-order valence-corrected chi connectivity index (χ1v) is 7.12. The van der Waals surface area contributed by atoms with E-state index in [1.165, 1.54) is 6.07 Å². The van der Waals surface area contributed by atoms with Crippen molar-refractivity contribution >= 4 is 27.3 Å². The van der Waals surface area contributed by atoms with Gasteiger partial charge in [0.25, 0.3) is 0 Å². The fourth-order valence-corrected chi connectivity index (χ4v) is 3.32. The van der Waals surface area contributed by atoms with Gasteiger partial charge in [-0.15, -0.1) is 11.3 Å². The fraction of sp³-hybridized carbons (Fsp3) is 0.231. The van der Waals surface area contributed by atoms with E-state index in [2.05, 4.69) is 21.2 Å². The van der Waals surface area contributed by atoms with Crippen LogP contribution in [-0.2, 0) is 6.54 Å². The average Bonchev–Trinajstić information content (AvgIpc) is 2.73. The second-order valence-corrected chi connectivity index (χ2v) is 5.45. The highest BCUT2D eigenvalue weighted by Crippen LogP contribution is 2.35. The van der Waals surface area contributed by atoms with Crippen LogP contribution in [0.3, 0.4) is 0 Å². The van der Waals surface area contributed by atoms with E-state index >= 15 is 0 Å². The first-order valence-electron chi connectivity index (χ1n) is 5.45. The van der Waals surface area contributed by atoms with E-state index in [4.69, 9.17) is 0 Å². The molecule has 0 radical (unpaired) electrons. The van der Waals surface area contributed by atoms with Crippen LogP contribution in [0.25, 0.3) is 10.4 Å². The lowest BCUT2D eigenvalue weighted by molar-refractivity contribution is 0.622. The first-order chi connectivity index (χ1) is 8.22. The van der Waals surface area contributed by atoms with Gasteiger partial charge in [-0.05, 0) is 57.2 Å². The molecular weight excluding hydrogens is 301 g/mol. The molecule has 0 saturated heterocycles. The topological polar surface area (TPSA) is 12.0 Å². The number of hydrogen-bond acceptors (Lipinski definition) is 2. The molecule has 1 N–H and O–H groups in total. The lowest BCUT2D eigenvalue weighted by Gasteiger charge is -2.09. The largest absolute Gasteiger partial charge is 0.313 e. The molecule has 0 saturated carbocycles. The van der Waals surface area contributed by atoms with E-state index in [1.54, 1.807) is 17.4 Å². The predicted octanol–water partition coefficient (Wildman–Crippen LogP) is 4.43. The Hall–Kier alpha value is -0.710. The van der Waals surface area contributed by atoms with Crippen molar-refractivity contribution in [3.8, 4) is 10.4 Å². The third-order valence-corrected chi connectivity index (χ3v) is 4.37. The predicted molar refractivity (Wildman–Crippen MR) is 74.8 cm³/mol. The van der Waals surface area contributed by atoms with Crippen LogP contribution in [-0.4, -0.2) is 6.54 Å². The van der Waals surface area contributed by atoms with Crippen LogP contribution in [0.15, 0.2) is 34.1 Å². The summed E-state index contributed by atoms with van der Waals surface area (Å²) in [5.41, 5.74) is 2.09. The zero-order valence-corrected chi connectivity index (χ0v) is 11.9. The van der Waals surface area contributed by atoms with Gasteiger partial charge in [-0.2, -0.15) is 0 Å². The van der Waals surface area contributed by atoms with Crippen molar-refractivity contribution in [1.82, 2.24) is 5.32 Å². The Labute approximate surface area is 113 Å². The molecule has 0 aliphatic heterocycles. The molecule has 1 aromatic heterocycles. The highest BCUT2D eigenvalue weighted by atomic mass is 79.9. The summed E-state index contributed by atoms with van der Waals surface area (Å²) in [4.78, 5) is 1.15. The number of rotatable bonds is 4. The molecule has 0 spiro atoms. The van der Waals surface area contributed by atoms with Gasteiger partial charge in [0.05, 0.1) is 0 Å². The van der Waals surface area contributed by atoms with Crippen LogP contribution in [0.2, 0.25) is 0 Å². The Balaban J connectivity index is 2.42. The standard InChI is InChI=1S/C13H13BrFNS/c1-2-16-8-9-7-10(15)3-4-11(9)13-12(14)5-6-17-13/h3-7,16H,2,8H2,1H3. The molecule has 90 valence electrons. The van der Waals surface area contributed by atoms with Crippen LogP contribution in [0.4, 0.5) is 4.39 Å². The van der Waals surface area contributed by atoms with Gasteiger partial charge >= 0.3 is 0 Å². The van der Waals surface area contributed by atoms with Crippen molar-refractivity contribution in [2.24, 2.45) is 0 Å². The number of thiophene rings is 1. The molecule has 0 bridgehead atoms. The molecule has 0 amide bonds. The molecule has 0 unspecified atom stereocenters. The minimum absolute atomic E-state index is 0.186. The van der Waals surface area contributed by atoms with Crippen molar-refractivity contribution in [3.05, 3.63) is 45.5 Å². The van der Waals surface area contributed by atoms with Gasteiger partial charge in [-0.1, -0.05) is 13.0 Å². The van der Waals surface area contributed by atoms with Gasteiger partial charge in [-0.25, -0.2) is 4.39 Å². The quantitative estimate of drug-likeness (QED) is 0.880. The van der Waals surface area contributed by atoms with Gasteiger partial charge in [0.1, 0.15) is 5.82 Å². The van der Waals surface area contributed by atoms with Crippen molar-refractivity contribution in [3.63, 3.8) is 0 Å². The average molecular weight is 314 g/mol. The number of halogens is 2. The molecule has 0 fully saturated rings. The molecule has 2 aromatic rings. The normalized spacial score (nSPS) is 10.8. The maximum absolute atomic E-state index is 13.3. The molecule has 0 aliphatic rings. The summed E-state index contributed by atoms with van der Waals surface area (Å²) in [5, 5.41) is 5.26. The van der Waals surface area contributed by atoms with Crippen molar-refractivity contribution in [2.75, 3.05) is 6.54 Å².